The SMILES string of the molecule is O=C(O)C1CC(N2CCC3[N-]C(C#Cc4cccc(Cl)c4)=NC(C4CN(C5CC(C(=O)O)C5)CC5=CN=C(C#Cc6cc(F)cc(F)c6)[N-]C54)=C3C2)C1. The fourth-order valence-corrected chi connectivity index (χ4v) is 8.31. The highest BCUT2D eigenvalue weighted by molar-refractivity contribution is 6.30. The number of piperidine rings is 2. The van der Waals surface area contributed by atoms with E-state index in [-0.39, 0.29) is 47.3 Å². The number of halogens is 3. The van der Waals surface area contributed by atoms with E-state index in [4.69, 9.17) is 27.2 Å². The van der Waals surface area contributed by atoms with Crippen molar-refractivity contribution in [2.75, 3.05) is 26.2 Å². The summed E-state index contributed by atoms with van der Waals surface area (Å²) in [6.07, 6.45) is 4.77. The molecule has 0 amide bonds. The molecule has 6 aliphatic rings. The summed E-state index contributed by atoms with van der Waals surface area (Å²) in [5.41, 5.74) is 3.70. The summed E-state index contributed by atoms with van der Waals surface area (Å²) in [7, 11) is 0. The van der Waals surface area contributed by atoms with E-state index in [1.165, 1.54) is 0 Å². The molecule has 272 valence electrons. The van der Waals surface area contributed by atoms with Gasteiger partial charge in [-0.3, -0.25) is 19.4 Å². The van der Waals surface area contributed by atoms with Crippen LogP contribution in [0.1, 0.15) is 43.2 Å². The first-order valence-corrected chi connectivity index (χ1v) is 18.1. The zero-order chi connectivity index (χ0) is 36.8. The van der Waals surface area contributed by atoms with E-state index in [1.54, 1.807) is 18.3 Å². The van der Waals surface area contributed by atoms with Crippen molar-refractivity contribution in [2.24, 2.45) is 27.7 Å². The molecule has 0 bridgehead atoms. The number of carbonyl (C=O) groups is 2. The summed E-state index contributed by atoms with van der Waals surface area (Å²) >= 11 is 6.22. The van der Waals surface area contributed by atoms with Crippen molar-refractivity contribution in [3.63, 3.8) is 0 Å². The van der Waals surface area contributed by atoms with Crippen LogP contribution in [-0.2, 0) is 9.59 Å². The van der Waals surface area contributed by atoms with E-state index in [0.29, 0.717) is 56.2 Å². The molecule has 0 aromatic heterocycles. The average molecular weight is 737 g/mol. The van der Waals surface area contributed by atoms with Crippen LogP contribution in [0.5, 0.6) is 0 Å². The lowest BCUT2D eigenvalue weighted by atomic mass is 9.75. The lowest BCUT2D eigenvalue weighted by molar-refractivity contribution is -0.148. The predicted molar refractivity (Wildman–Crippen MR) is 195 cm³/mol. The molecule has 4 aliphatic heterocycles. The summed E-state index contributed by atoms with van der Waals surface area (Å²) in [6, 6.07) is 9.99. The first kappa shape index (κ1) is 35.0. The van der Waals surface area contributed by atoms with Gasteiger partial charge in [0.2, 0.25) is 0 Å². The topological polar surface area (TPSA) is 134 Å². The number of nitrogens with zero attached hydrogens (tertiary/aromatic N) is 6. The predicted octanol–water partition coefficient (Wildman–Crippen LogP) is 5.83. The number of hydrogen-bond donors (Lipinski definition) is 2. The Labute approximate surface area is 310 Å². The molecule has 4 heterocycles. The van der Waals surface area contributed by atoms with Crippen molar-refractivity contribution in [2.45, 2.75) is 56.3 Å². The summed E-state index contributed by atoms with van der Waals surface area (Å²) in [5, 5.41) is 29.8. The van der Waals surface area contributed by atoms with Gasteiger partial charge < -0.3 is 30.8 Å². The van der Waals surface area contributed by atoms with Crippen LogP contribution in [-0.4, -0.2) is 94.0 Å². The zero-order valence-corrected chi connectivity index (χ0v) is 29.3. The number of aliphatic carboxylic acids is 2. The molecule has 2 saturated heterocycles. The van der Waals surface area contributed by atoms with Gasteiger partial charge >= 0.3 is 11.9 Å². The van der Waals surface area contributed by atoms with E-state index < -0.39 is 29.6 Å². The lowest BCUT2D eigenvalue weighted by Crippen LogP contribution is -2.56. The minimum atomic E-state index is -0.789. The van der Waals surface area contributed by atoms with Crippen molar-refractivity contribution >= 4 is 35.2 Å². The van der Waals surface area contributed by atoms with E-state index in [9.17, 15) is 28.6 Å². The second-order valence-corrected chi connectivity index (χ2v) is 14.9. The summed E-state index contributed by atoms with van der Waals surface area (Å²) in [4.78, 5) is 37.7. The molecule has 2 aromatic carbocycles. The molecule has 4 fully saturated rings. The van der Waals surface area contributed by atoms with Gasteiger partial charge in [0.15, 0.2) is 0 Å². The highest BCUT2D eigenvalue weighted by Gasteiger charge is 2.44. The zero-order valence-electron chi connectivity index (χ0n) is 28.6. The molecule has 10 nitrogen and oxygen atoms in total. The van der Waals surface area contributed by atoms with Crippen LogP contribution in [0.15, 0.2) is 75.5 Å². The number of aliphatic imine (C=N–C) groups is 2. The number of rotatable bonds is 5. The van der Waals surface area contributed by atoms with Crippen LogP contribution >= 0.6 is 11.6 Å². The third-order valence-corrected chi connectivity index (χ3v) is 11.4. The summed E-state index contributed by atoms with van der Waals surface area (Å²) in [6.45, 7) is 2.44. The highest BCUT2D eigenvalue weighted by atomic mass is 35.5. The summed E-state index contributed by atoms with van der Waals surface area (Å²) in [5.74, 6) is 8.63. The van der Waals surface area contributed by atoms with Crippen LogP contribution in [0.2, 0.25) is 5.02 Å². The maximum Gasteiger partial charge on any atom is 0.306 e. The van der Waals surface area contributed by atoms with Gasteiger partial charge in [0.1, 0.15) is 11.6 Å². The Balaban J connectivity index is 1.16. The molecular formula is C40H35ClF2N6O4-2. The molecule has 3 atom stereocenters. The fourth-order valence-electron chi connectivity index (χ4n) is 8.12. The largest absolute Gasteiger partial charge is 0.481 e. The normalized spacial score (nSPS) is 29.3. The fraction of sp³-hybridized carbons (Fsp3) is 0.400. The minimum Gasteiger partial charge on any atom is -0.481 e. The van der Waals surface area contributed by atoms with Gasteiger partial charge in [0, 0.05) is 53.9 Å². The van der Waals surface area contributed by atoms with Crippen molar-refractivity contribution < 1.29 is 28.6 Å². The number of amidine groups is 2. The molecule has 53 heavy (non-hydrogen) atoms. The molecule has 2 aromatic rings. The Morgan fingerprint density at radius 3 is 2.21 bits per heavy atom. The van der Waals surface area contributed by atoms with Crippen molar-refractivity contribution in [1.82, 2.24) is 9.80 Å². The molecular weight excluding hydrogens is 702 g/mol. The molecule has 2 N–H and O–H groups in total. The van der Waals surface area contributed by atoms with Crippen LogP contribution in [0.25, 0.3) is 10.6 Å². The molecule has 2 saturated carbocycles. The van der Waals surface area contributed by atoms with Gasteiger partial charge in [-0.1, -0.05) is 64.4 Å². The van der Waals surface area contributed by atoms with Crippen molar-refractivity contribution in [3.05, 3.63) is 104 Å². The number of benzene rings is 2. The molecule has 8 rings (SSSR count). The van der Waals surface area contributed by atoms with Gasteiger partial charge in [-0.25, -0.2) is 8.78 Å². The molecule has 0 spiro atoms. The number of carboxylic acids is 2. The third-order valence-electron chi connectivity index (χ3n) is 11.1. The van der Waals surface area contributed by atoms with Crippen LogP contribution in [0.3, 0.4) is 0 Å². The van der Waals surface area contributed by atoms with Gasteiger partial charge in [-0.2, -0.15) is 0 Å². The maximum atomic E-state index is 13.9. The molecule has 2 aliphatic carbocycles. The van der Waals surface area contributed by atoms with Gasteiger partial charge in [0.25, 0.3) is 0 Å². The van der Waals surface area contributed by atoms with Gasteiger partial charge in [0.05, 0.1) is 11.8 Å². The van der Waals surface area contributed by atoms with Crippen LogP contribution in [0.4, 0.5) is 8.78 Å². The highest BCUT2D eigenvalue weighted by Crippen LogP contribution is 2.45. The van der Waals surface area contributed by atoms with Gasteiger partial charge in [-0.05, 0) is 98.7 Å². The van der Waals surface area contributed by atoms with E-state index in [1.807, 2.05) is 12.1 Å². The third kappa shape index (κ3) is 7.45. The average Bonchev–Trinajstić information content (AvgIpc) is 3.07. The molecule has 0 radical (unpaired) electrons. The van der Waals surface area contributed by atoms with Crippen molar-refractivity contribution in [1.29, 1.82) is 0 Å². The Hall–Kier alpha value is -5.01. The Bertz CT molecular complexity index is 2100. The van der Waals surface area contributed by atoms with E-state index in [2.05, 4.69) is 38.5 Å². The monoisotopic (exact) mass is 736 g/mol. The Kier molecular flexibility index (Phi) is 9.54. The summed E-state index contributed by atoms with van der Waals surface area (Å²) < 4.78 is 27.8. The number of likely N-dealkylation sites (tertiary alicyclic amines) is 2. The minimum absolute atomic E-state index is 0.0695. The smallest absolute Gasteiger partial charge is 0.306 e. The Morgan fingerprint density at radius 1 is 0.830 bits per heavy atom. The molecule has 3 unspecified atom stereocenters. The van der Waals surface area contributed by atoms with E-state index >= 15 is 0 Å². The second-order valence-electron chi connectivity index (χ2n) is 14.5. The van der Waals surface area contributed by atoms with Crippen molar-refractivity contribution in [3.8, 4) is 23.7 Å². The molecule has 13 heteroatoms. The lowest BCUT2D eigenvalue weighted by Gasteiger charge is -2.54. The second kappa shape index (κ2) is 14.4. The van der Waals surface area contributed by atoms with Gasteiger partial charge in [-0.15, -0.1) is 0 Å². The first-order chi connectivity index (χ1) is 25.6. The quantitative estimate of drug-likeness (QED) is 0.371. The Morgan fingerprint density at radius 2 is 1.51 bits per heavy atom. The number of hydrogen-bond acceptors (Lipinski definition) is 6. The standard InChI is InChI=1S/C40H37ClF2N6O4/c41-27-3-1-2-22(10-27)4-7-36-45-34-8-9-48(30-13-24(14-30)39(50)51)20-32(34)38(47-36)33-21-49(31-15-25(16-31)40(52)53)19-26-18-44-35(46-37(26)33)6-5-23-11-28(42)17-29(43)12-23/h1-3,10-12,17-18,24-25,30-31,33-34,37H,8-9,13-16,19-21H2,(H4,44,45,46,47,50,51,52,53)/p-2. The number of fused-ring (bicyclic) bond motifs is 2. The maximum absolute atomic E-state index is 13.9. The van der Waals surface area contributed by atoms with E-state index in [0.717, 1.165) is 53.6 Å². The van der Waals surface area contributed by atoms with Crippen LogP contribution in [0, 0.1) is 53.1 Å². The van der Waals surface area contributed by atoms with Crippen LogP contribution < -0.4 is 0 Å². The number of carboxylic acid groups (broad SMARTS) is 2. The first-order valence-electron chi connectivity index (χ1n) is 17.8.